The first-order valence-corrected chi connectivity index (χ1v) is 22.1. The molecule has 0 radical (unpaired) electrons. The summed E-state index contributed by atoms with van der Waals surface area (Å²) in [6.07, 6.45) is 8.69. The highest BCUT2D eigenvalue weighted by molar-refractivity contribution is 7.13. The number of carbonyl (C=O) groups is 1. The maximum atomic E-state index is 13.5. The predicted molar refractivity (Wildman–Crippen MR) is 206 cm³/mol. The predicted octanol–water partition coefficient (Wildman–Crippen LogP) is 9.66. The van der Waals surface area contributed by atoms with Crippen molar-refractivity contribution in [3.05, 3.63) is 64.8 Å². The average molecular weight is 721 g/mol. The Labute approximate surface area is 305 Å². The molecule has 8 nitrogen and oxygen atoms in total. The molecule has 10 heteroatoms. The third-order valence-corrected chi connectivity index (χ3v) is 15.6. The second kappa shape index (κ2) is 14.7. The zero-order valence-electron chi connectivity index (χ0n) is 32.2. The summed E-state index contributed by atoms with van der Waals surface area (Å²) in [5.41, 5.74) is 3.83. The molecule has 0 bridgehead atoms. The van der Waals surface area contributed by atoms with Gasteiger partial charge in [-0.1, -0.05) is 59.7 Å². The van der Waals surface area contributed by atoms with Crippen LogP contribution in [0.25, 0.3) is 10.6 Å². The molecule has 50 heavy (non-hydrogen) atoms. The van der Waals surface area contributed by atoms with E-state index in [9.17, 15) is 4.79 Å². The maximum Gasteiger partial charge on any atom is 0.407 e. The third-order valence-electron chi connectivity index (χ3n) is 10.2. The third kappa shape index (κ3) is 9.95. The van der Waals surface area contributed by atoms with Gasteiger partial charge in [-0.25, -0.2) is 14.8 Å². The van der Waals surface area contributed by atoms with Crippen LogP contribution in [0.4, 0.5) is 4.79 Å². The van der Waals surface area contributed by atoms with Crippen molar-refractivity contribution in [1.82, 2.24) is 20.6 Å². The Kier molecular flexibility index (Phi) is 11.3. The monoisotopic (exact) mass is 720 g/mol. The first kappa shape index (κ1) is 38.4. The number of aromatic nitrogens is 2. The molecule has 3 heterocycles. The minimum Gasteiger partial charge on any atom is -0.471 e. The molecule has 1 spiro atoms. The average Bonchev–Trinajstić information content (AvgIpc) is 3.51. The molecular formula is C40H60N4O4SSi. The molecule has 1 saturated carbocycles. The number of alkyl carbamates (subject to hydrolysis) is 1. The lowest BCUT2D eigenvalue weighted by Gasteiger charge is -2.48. The lowest BCUT2D eigenvalue weighted by molar-refractivity contribution is -0.0419. The van der Waals surface area contributed by atoms with Crippen molar-refractivity contribution >= 4 is 25.7 Å². The molecule has 2 aliphatic rings. The number of hydrogen-bond donors (Lipinski definition) is 2. The minimum atomic E-state index is -2.30. The van der Waals surface area contributed by atoms with Crippen molar-refractivity contribution in [1.29, 1.82) is 0 Å². The lowest BCUT2D eigenvalue weighted by atomic mass is 9.73. The van der Waals surface area contributed by atoms with Gasteiger partial charge >= 0.3 is 6.09 Å². The van der Waals surface area contributed by atoms with Crippen LogP contribution in [0.1, 0.15) is 111 Å². The molecule has 0 saturated heterocycles. The van der Waals surface area contributed by atoms with E-state index in [0.717, 1.165) is 53.3 Å². The Morgan fingerprint density at radius 1 is 1.06 bits per heavy atom. The van der Waals surface area contributed by atoms with Crippen molar-refractivity contribution < 1.29 is 18.7 Å². The number of benzene rings is 1. The molecule has 5 rings (SSSR count). The number of fused-ring (bicyclic) bond motifs is 1. The SMILES string of the molecule is CC(C)(C)Cc1cnc2c(c1)[C@@H](NC[C@@H](O[Si](C)(C)C(C)(C)C)[C@H](Cc1cccc(-c3nccs3)c1)NC(=O)OC(C)(C)C)CC1(CCC1)O2. The van der Waals surface area contributed by atoms with Crippen molar-refractivity contribution in [2.45, 2.75) is 148 Å². The fraction of sp³-hybridized carbons (Fsp3) is 0.625. The van der Waals surface area contributed by atoms with E-state index in [0.29, 0.717) is 13.0 Å². The highest BCUT2D eigenvalue weighted by Crippen LogP contribution is 2.48. The number of amides is 1. The van der Waals surface area contributed by atoms with Crippen LogP contribution in [0.5, 0.6) is 5.88 Å². The quantitative estimate of drug-likeness (QED) is 0.191. The fourth-order valence-corrected chi connectivity index (χ4v) is 8.61. The summed E-state index contributed by atoms with van der Waals surface area (Å²) in [5.74, 6) is 0.746. The van der Waals surface area contributed by atoms with Gasteiger partial charge < -0.3 is 24.5 Å². The van der Waals surface area contributed by atoms with Crippen LogP contribution in [0.2, 0.25) is 18.1 Å². The molecule has 1 fully saturated rings. The van der Waals surface area contributed by atoms with Crippen LogP contribution in [0.3, 0.4) is 0 Å². The summed E-state index contributed by atoms with van der Waals surface area (Å²) < 4.78 is 19.7. The van der Waals surface area contributed by atoms with Gasteiger partial charge in [-0.05, 0) is 99.7 Å². The molecule has 0 unspecified atom stereocenters. The van der Waals surface area contributed by atoms with Gasteiger partial charge in [-0.2, -0.15) is 0 Å². The van der Waals surface area contributed by atoms with E-state index in [-0.39, 0.29) is 34.2 Å². The Morgan fingerprint density at radius 2 is 1.80 bits per heavy atom. The molecule has 1 amide bonds. The molecule has 3 aromatic rings. The van der Waals surface area contributed by atoms with Crippen molar-refractivity contribution in [3.63, 3.8) is 0 Å². The Balaban J connectivity index is 1.49. The number of carbonyl (C=O) groups excluding carboxylic acids is 1. The molecule has 274 valence electrons. The fourth-order valence-electron chi connectivity index (χ4n) is 6.61. The van der Waals surface area contributed by atoms with Crippen LogP contribution >= 0.6 is 11.3 Å². The first-order chi connectivity index (χ1) is 23.2. The van der Waals surface area contributed by atoms with Gasteiger partial charge in [0, 0.05) is 47.9 Å². The van der Waals surface area contributed by atoms with E-state index >= 15 is 0 Å². The highest BCUT2D eigenvalue weighted by Gasteiger charge is 2.47. The number of ether oxygens (including phenoxy) is 2. The normalized spacial score (nSPS) is 18.8. The van der Waals surface area contributed by atoms with E-state index in [4.69, 9.17) is 18.9 Å². The van der Waals surface area contributed by atoms with Gasteiger partial charge in [-0.15, -0.1) is 11.3 Å². The number of hydrogen-bond acceptors (Lipinski definition) is 8. The van der Waals surface area contributed by atoms with E-state index in [1.54, 1.807) is 11.3 Å². The van der Waals surface area contributed by atoms with Crippen LogP contribution in [-0.2, 0) is 22.0 Å². The number of rotatable bonds is 11. The second-order valence-corrected chi connectivity index (χ2v) is 23.8. The van der Waals surface area contributed by atoms with Crippen molar-refractivity contribution in [2.75, 3.05) is 6.54 Å². The van der Waals surface area contributed by atoms with Crippen LogP contribution in [0.15, 0.2) is 48.1 Å². The Hall–Kier alpha value is -2.79. The van der Waals surface area contributed by atoms with E-state index in [1.165, 1.54) is 12.0 Å². The van der Waals surface area contributed by atoms with E-state index < -0.39 is 20.0 Å². The molecule has 1 aliphatic heterocycles. The summed E-state index contributed by atoms with van der Waals surface area (Å²) in [5, 5.41) is 10.2. The van der Waals surface area contributed by atoms with Gasteiger partial charge in [0.25, 0.3) is 0 Å². The smallest absolute Gasteiger partial charge is 0.407 e. The van der Waals surface area contributed by atoms with E-state index in [2.05, 4.69) is 101 Å². The molecule has 1 aliphatic carbocycles. The zero-order valence-corrected chi connectivity index (χ0v) is 34.1. The highest BCUT2D eigenvalue weighted by atomic mass is 32.1. The lowest BCUT2D eigenvalue weighted by Crippen LogP contribution is -2.57. The van der Waals surface area contributed by atoms with Crippen molar-refractivity contribution in [2.24, 2.45) is 5.41 Å². The molecule has 2 N–H and O–H groups in total. The zero-order chi connectivity index (χ0) is 36.5. The first-order valence-electron chi connectivity index (χ1n) is 18.3. The topological polar surface area (TPSA) is 94.6 Å². The molecule has 3 atom stereocenters. The summed E-state index contributed by atoms with van der Waals surface area (Å²) in [6, 6.07) is 10.4. The number of nitrogens with zero attached hydrogens (tertiary/aromatic N) is 2. The number of thiazole rings is 1. The van der Waals surface area contributed by atoms with E-state index in [1.807, 2.05) is 38.5 Å². The summed E-state index contributed by atoms with van der Waals surface area (Å²) in [6.45, 7) is 24.3. The Bertz CT molecular complexity index is 1600. The molecule has 2 aromatic heterocycles. The Morgan fingerprint density at radius 3 is 2.40 bits per heavy atom. The summed E-state index contributed by atoms with van der Waals surface area (Å²) in [4.78, 5) is 22.9. The van der Waals surface area contributed by atoms with Gasteiger partial charge in [0.15, 0.2) is 8.32 Å². The van der Waals surface area contributed by atoms with Crippen LogP contribution in [0, 0.1) is 5.41 Å². The summed E-state index contributed by atoms with van der Waals surface area (Å²) >= 11 is 1.62. The largest absolute Gasteiger partial charge is 0.471 e. The number of pyridine rings is 1. The van der Waals surface area contributed by atoms with Crippen molar-refractivity contribution in [3.8, 4) is 16.5 Å². The standard InChI is InChI=1S/C40H60N4O4SSi/c1-37(2,3)23-28-21-30-32(24-40(16-13-17-40)46-34(30)43-25-28)42-26-33(48-50(10,11)39(7,8)9)31(44-36(45)47-38(4,5)6)22-27-14-12-15-29(20-27)35-41-18-19-49-35/h12,14-15,18-21,25,31-33,42H,13,16-17,22-24,26H2,1-11H3,(H,44,45)/t31-,32-,33+/m0/s1. The summed E-state index contributed by atoms with van der Waals surface area (Å²) in [7, 11) is -2.30. The van der Waals surface area contributed by atoms with Crippen LogP contribution in [-0.4, -0.2) is 54.3 Å². The molecule has 1 aromatic carbocycles. The van der Waals surface area contributed by atoms with Gasteiger partial charge in [0.1, 0.15) is 16.2 Å². The molecular weight excluding hydrogens is 661 g/mol. The second-order valence-electron chi connectivity index (χ2n) is 18.2. The number of nitrogens with one attached hydrogen (secondary N) is 2. The van der Waals surface area contributed by atoms with Gasteiger partial charge in [-0.3, -0.25) is 0 Å². The minimum absolute atomic E-state index is 0.0283. The van der Waals surface area contributed by atoms with Gasteiger partial charge in [0.05, 0.1) is 12.1 Å². The van der Waals surface area contributed by atoms with Gasteiger partial charge in [0.2, 0.25) is 5.88 Å². The van der Waals surface area contributed by atoms with Crippen LogP contribution < -0.4 is 15.4 Å². The maximum absolute atomic E-state index is 13.5.